The molecule has 8 heteroatoms. The van der Waals surface area contributed by atoms with Crippen molar-refractivity contribution in [2.75, 3.05) is 13.7 Å². The normalized spacial score (nSPS) is 10.2. The number of methoxy groups -OCH3 is 1. The van der Waals surface area contributed by atoms with Crippen LogP contribution >= 0.6 is 27.5 Å². The van der Waals surface area contributed by atoms with E-state index < -0.39 is 5.91 Å². The van der Waals surface area contributed by atoms with Crippen molar-refractivity contribution in [2.45, 2.75) is 19.8 Å². The second-order valence-corrected chi connectivity index (χ2v) is 6.93. The van der Waals surface area contributed by atoms with Crippen LogP contribution in [0.4, 0.5) is 0 Å². The molecular formula is C19H20BrClN2O4. The number of carbonyl (C=O) groups is 2. The van der Waals surface area contributed by atoms with Gasteiger partial charge in [-0.3, -0.25) is 20.4 Å². The fourth-order valence-corrected chi connectivity index (χ4v) is 2.91. The minimum Gasteiger partial charge on any atom is -0.493 e. The molecule has 144 valence electrons. The Balaban J connectivity index is 1.99. The predicted octanol–water partition coefficient (Wildman–Crippen LogP) is 3.90. The summed E-state index contributed by atoms with van der Waals surface area (Å²) in [6.07, 6.45) is 0.964. The van der Waals surface area contributed by atoms with Gasteiger partial charge in [0.2, 0.25) is 5.91 Å². The molecule has 0 unspecified atom stereocenters. The van der Waals surface area contributed by atoms with Crippen molar-refractivity contribution in [3.63, 3.8) is 0 Å². The highest BCUT2D eigenvalue weighted by molar-refractivity contribution is 9.10. The zero-order valence-corrected chi connectivity index (χ0v) is 17.3. The summed E-state index contributed by atoms with van der Waals surface area (Å²) in [6, 6.07) is 10.1. The number of ether oxygens (including phenoxy) is 2. The third-order valence-electron chi connectivity index (χ3n) is 3.54. The zero-order valence-electron chi connectivity index (χ0n) is 15.0. The number of amides is 2. The van der Waals surface area contributed by atoms with Crippen LogP contribution < -0.4 is 20.3 Å². The molecule has 2 aromatic carbocycles. The first-order valence-electron chi connectivity index (χ1n) is 8.28. The van der Waals surface area contributed by atoms with Gasteiger partial charge in [-0.1, -0.05) is 30.7 Å². The summed E-state index contributed by atoms with van der Waals surface area (Å²) in [5, 5.41) is 0.596. The molecule has 0 aliphatic rings. The Bertz CT molecular complexity index is 812. The quantitative estimate of drug-likeness (QED) is 0.621. The van der Waals surface area contributed by atoms with Crippen molar-refractivity contribution >= 4 is 39.3 Å². The Kier molecular flexibility index (Phi) is 7.94. The molecule has 0 aromatic heterocycles. The van der Waals surface area contributed by atoms with Crippen molar-refractivity contribution in [2.24, 2.45) is 0 Å². The molecule has 2 rings (SSSR count). The van der Waals surface area contributed by atoms with E-state index in [4.69, 9.17) is 21.1 Å². The van der Waals surface area contributed by atoms with Crippen molar-refractivity contribution < 1.29 is 19.1 Å². The highest BCUT2D eigenvalue weighted by Crippen LogP contribution is 2.36. The lowest BCUT2D eigenvalue weighted by atomic mass is 10.1. The van der Waals surface area contributed by atoms with E-state index >= 15 is 0 Å². The molecule has 0 radical (unpaired) electrons. The number of halogens is 2. The minimum atomic E-state index is -0.472. The molecule has 0 fully saturated rings. The van der Waals surface area contributed by atoms with E-state index in [1.54, 1.807) is 36.4 Å². The van der Waals surface area contributed by atoms with E-state index in [1.165, 1.54) is 7.11 Å². The zero-order chi connectivity index (χ0) is 19.8. The fourth-order valence-electron chi connectivity index (χ4n) is 2.23. The van der Waals surface area contributed by atoms with Gasteiger partial charge in [0.05, 0.1) is 24.6 Å². The number of benzene rings is 2. The first kappa shape index (κ1) is 21.1. The summed E-state index contributed by atoms with van der Waals surface area (Å²) in [7, 11) is 1.50. The van der Waals surface area contributed by atoms with Crippen LogP contribution in [-0.2, 0) is 11.2 Å². The third-order valence-corrected chi connectivity index (χ3v) is 4.38. The number of hydrogen-bond acceptors (Lipinski definition) is 4. The smallest absolute Gasteiger partial charge is 0.269 e. The molecule has 0 saturated heterocycles. The molecule has 2 amide bonds. The Morgan fingerprint density at radius 2 is 1.85 bits per heavy atom. The van der Waals surface area contributed by atoms with Gasteiger partial charge >= 0.3 is 0 Å². The van der Waals surface area contributed by atoms with E-state index in [1.807, 2.05) is 6.92 Å². The van der Waals surface area contributed by atoms with Crippen LogP contribution in [0.15, 0.2) is 40.9 Å². The number of hydrogen-bond donors (Lipinski definition) is 2. The molecule has 27 heavy (non-hydrogen) atoms. The standard InChI is InChI=1S/C19H20BrClN2O4/c1-3-8-27-18-15(20)10-13(11-16(18)26-2)19(25)23-22-17(24)9-12-4-6-14(21)7-5-12/h4-7,10-11H,3,8-9H2,1-2H3,(H,22,24)(H,23,25). The van der Waals surface area contributed by atoms with Crippen molar-refractivity contribution in [1.29, 1.82) is 0 Å². The lowest BCUT2D eigenvalue weighted by Gasteiger charge is -2.14. The van der Waals surface area contributed by atoms with Gasteiger partial charge < -0.3 is 9.47 Å². The maximum absolute atomic E-state index is 12.3. The molecule has 0 spiro atoms. The molecule has 0 aliphatic heterocycles. The largest absolute Gasteiger partial charge is 0.493 e. The fraction of sp³-hybridized carbons (Fsp3) is 0.263. The van der Waals surface area contributed by atoms with Crippen LogP contribution in [0.3, 0.4) is 0 Å². The summed E-state index contributed by atoms with van der Waals surface area (Å²) in [5.74, 6) is 0.137. The maximum atomic E-state index is 12.3. The second kappa shape index (κ2) is 10.2. The highest BCUT2D eigenvalue weighted by atomic mass is 79.9. The lowest BCUT2D eigenvalue weighted by molar-refractivity contribution is -0.121. The molecule has 0 heterocycles. The van der Waals surface area contributed by atoms with Crippen molar-refractivity contribution in [3.05, 3.63) is 57.0 Å². The number of hydrazine groups is 1. The number of carbonyl (C=O) groups excluding carboxylic acids is 2. The van der Waals surface area contributed by atoms with Crippen LogP contribution in [0.2, 0.25) is 5.02 Å². The van der Waals surface area contributed by atoms with Crippen LogP contribution in [-0.4, -0.2) is 25.5 Å². The topological polar surface area (TPSA) is 76.7 Å². The van der Waals surface area contributed by atoms with E-state index in [2.05, 4.69) is 26.8 Å². The van der Waals surface area contributed by atoms with Crippen molar-refractivity contribution in [1.82, 2.24) is 10.9 Å². The Labute approximate surface area is 171 Å². The van der Waals surface area contributed by atoms with Crippen LogP contribution in [0.25, 0.3) is 0 Å². The number of nitrogens with one attached hydrogen (secondary N) is 2. The lowest BCUT2D eigenvalue weighted by Crippen LogP contribution is -2.42. The highest BCUT2D eigenvalue weighted by Gasteiger charge is 2.16. The molecule has 6 nitrogen and oxygen atoms in total. The van der Waals surface area contributed by atoms with Crippen molar-refractivity contribution in [3.8, 4) is 11.5 Å². The molecule has 0 atom stereocenters. The van der Waals surface area contributed by atoms with Gasteiger partial charge in [0, 0.05) is 10.6 Å². The van der Waals surface area contributed by atoms with E-state index in [0.29, 0.717) is 33.2 Å². The Morgan fingerprint density at radius 1 is 1.15 bits per heavy atom. The van der Waals surface area contributed by atoms with Gasteiger partial charge in [-0.15, -0.1) is 0 Å². The van der Waals surface area contributed by atoms with E-state index in [-0.39, 0.29) is 12.3 Å². The van der Waals surface area contributed by atoms with Crippen LogP contribution in [0, 0.1) is 0 Å². The van der Waals surface area contributed by atoms with Crippen LogP contribution in [0.1, 0.15) is 29.3 Å². The molecule has 0 bridgehead atoms. The average molecular weight is 456 g/mol. The SMILES string of the molecule is CCCOc1c(Br)cc(C(=O)NNC(=O)Cc2ccc(Cl)cc2)cc1OC. The second-order valence-electron chi connectivity index (χ2n) is 5.64. The monoisotopic (exact) mass is 454 g/mol. The maximum Gasteiger partial charge on any atom is 0.269 e. The van der Waals surface area contributed by atoms with Gasteiger partial charge in [0.1, 0.15) is 0 Å². The summed E-state index contributed by atoms with van der Waals surface area (Å²) in [5.41, 5.74) is 5.88. The summed E-state index contributed by atoms with van der Waals surface area (Å²) < 4.78 is 11.5. The average Bonchev–Trinajstić information content (AvgIpc) is 2.66. The molecular weight excluding hydrogens is 436 g/mol. The van der Waals surface area contributed by atoms with E-state index in [0.717, 1.165) is 12.0 Å². The molecule has 0 saturated carbocycles. The summed E-state index contributed by atoms with van der Waals surface area (Å²) in [4.78, 5) is 24.3. The molecule has 2 aromatic rings. The molecule has 0 aliphatic carbocycles. The van der Waals surface area contributed by atoms with Gasteiger partial charge in [0.25, 0.3) is 5.91 Å². The first-order valence-corrected chi connectivity index (χ1v) is 9.45. The number of rotatable bonds is 7. The summed E-state index contributed by atoms with van der Waals surface area (Å²) in [6.45, 7) is 2.52. The van der Waals surface area contributed by atoms with Gasteiger partial charge in [-0.05, 0) is 52.2 Å². The minimum absolute atomic E-state index is 0.119. The Morgan fingerprint density at radius 3 is 2.48 bits per heavy atom. The Hall–Kier alpha value is -2.25. The van der Waals surface area contributed by atoms with E-state index in [9.17, 15) is 9.59 Å². The predicted molar refractivity (Wildman–Crippen MR) is 107 cm³/mol. The third kappa shape index (κ3) is 6.15. The first-order chi connectivity index (χ1) is 12.9. The van der Waals surface area contributed by atoms with Gasteiger partial charge in [-0.25, -0.2) is 0 Å². The summed E-state index contributed by atoms with van der Waals surface area (Å²) >= 11 is 9.20. The van der Waals surface area contributed by atoms with Crippen LogP contribution in [0.5, 0.6) is 11.5 Å². The van der Waals surface area contributed by atoms with Gasteiger partial charge in [-0.2, -0.15) is 0 Å². The van der Waals surface area contributed by atoms with Gasteiger partial charge in [0.15, 0.2) is 11.5 Å². The molecule has 2 N–H and O–H groups in total.